The second kappa shape index (κ2) is 6.96. The Balaban J connectivity index is 1.45. The molecule has 1 saturated heterocycles. The first-order chi connectivity index (χ1) is 12.9. The number of sulfone groups is 1. The number of likely N-dealkylation sites (tertiary alicyclic amines) is 1. The van der Waals surface area contributed by atoms with Gasteiger partial charge in [-0.1, -0.05) is 24.3 Å². The highest BCUT2D eigenvalue weighted by molar-refractivity contribution is 7.91. The Morgan fingerprint density at radius 2 is 1.78 bits per heavy atom. The number of pyridine rings is 1. The molecular formula is C20H22N2O4S. The van der Waals surface area contributed by atoms with Gasteiger partial charge in [0.05, 0.1) is 10.6 Å². The van der Waals surface area contributed by atoms with E-state index in [1.165, 1.54) is 0 Å². The predicted molar refractivity (Wildman–Crippen MR) is 101 cm³/mol. The van der Waals surface area contributed by atoms with Crippen molar-refractivity contribution in [3.63, 3.8) is 0 Å². The number of nitrogens with zero attached hydrogens (tertiary/aromatic N) is 2. The molecule has 1 aromatic heterocycles. The molecule has 0 spiro atoms. The zero-order chi connectivity index (χ0) is 19.0. The molecule has 27 heavy (non-hydrogen) atoms. The van der Waals surface area contributed by atoms with Gasteiger partial charge in [-0.05, 0) is 30.5 Å². The van der Waals surface area contributed by atoms with E-state index in [-0.39, 0.29) is 40.4 Å². The number of piperidine rings is 1. The molecule has 3 heterocycles. The minimum absolute atomic E-state index is 0.0101. The Hall–Kier alpha value is -2.41. The SMILES string of the molecule is O=C(CCS(=O)(=O)c1ccccc1)N1C[C@@H]2C[C@H](C1)c1cccc(=O)n1C2. The maximum atomic E-state index is 12.7. The van der Waals surface area contributed by atoms with Crippen LogP contribution in [0, 0.1) is 5.92 Å². The summed E-state index contributed by atoms with van der Waals surface area (Å²) in [5.74, 6) is 0.0700. The number of fused-ring (bicyclic) bond motifs is 4. The summed E-state index contributed by atoms with van der Waals surface area (Å²) in [5, 5.41) is 0. The van der Waals surface area contributed by atoms with Gasteiger partial charge in [-0.15, -0.1) is 0 Å². The van der Waals surface area contributed by atoms with Gasteiger partial charge in [0.1, 0.15) is 0 Å². The van der Waals surface area contributed by atoms with E-state index in [4.69, 9.17) is 0 Å². The molecule has 6 nitrogen and oxygen atoms in total. The van der Waals surface area contributed by atoms with Crippen LogP contribution < -0.4 is 5.56 Å². The monoisotopic (exact) mass is 386 g/mol. The van der Waals surface area contributed by atoms with Gasteiger partial charge in [-0.25, -0.2) is 8.42 Å². The third-order valence-corrected chi connectivity index (χ3v) is 7.25. The largest absolute Gasteiger partial charge is 0.342 e. The molecule has 0 radical (unpaired) electrons. The van der Waals surface area contributed by atoms with E-state index >= 15 is 0 Å². The normalized spacial score (nSPS) is 21.6. The van der Waals surface area contributed by atoms with Gasteiger partial charge >= 0.3 is 0 Å². The Bertz CT molecular complexity index is 1010. The maximum absolute atomic E-state index is 12.7. The first kappa shape index (κ1) is 18.0. The average molecular weight is 386 g/mol. The van der Waals surface area contributed by atoms with Crippen LogP contribution in [0.4, 0.5) is 0 Å². The van der Waals surface area contributed by atoms with E-state index in [0.717, 1.165) is 12.1 Å². The zero-order valence-corrected chi connectivity index (χ0v) is 15.8. The number of hydrogen-bond donors (Lipinski definition) is 0. The van der Waals surface area contributed by atoms with Gasteiger partial charge in [0.15, 0.2) is 9.84 Å². The first-order valence-corrected chi connectivity index (χ1v) is 10.8. The molecule has 4 rings (SSSR count). The number of benzene rings is 1. The summed E-state index contributed by atoms with van der Waals surface area (Å²) in [6.45, 7) is 1.75. The highest BCUT2D eigenvalue weighted by Gasteiger charge is 2.36. The van der Waals surface area contributed by atoms with Gasteiger partial charge < -0.3 is 9.47 Å². The fourth-order valence-electron chi connectivity index (χ4n) is 4.23. The smallest absolute Gasteiger partial charge is 0.250 e. The predicted octanol–water partition coefficient (Wildman–Crippen LogP) is 1.66. The molecule has 0 aliphatic carbocycles. The van der Waals surface area contributed by atoms with Crippen molar-refractivity contribution in [3.8, 4) is 0 Å². The van der Waals surface area contributed by atoms with Crippen LogP contribution in [0.25, 0.3) is 0 Å². The van der Waals surface area contributed by atoms with Gasteiger partial charge in [0.25, 0.3) is 5.56 Å². The Morgan fingerprint density at radius 3 is 2.56 bits per heavy atom. The topological polar surface area (TPSA) is 76.5 Å². The standard InChI is InChI=1S/C20H22N2O4S/c23-19(9-10-27(25,26)17-5-2-1-3-6-17)21-12-15-11-16(14-21)18-7-4-8-20(24)22(18)13-15/h1-8,15-16H,9-14H2/t15-,16+/m0/s1. The van der Waals surface area contributed by atoms with Gasteiger partial charge in [0, 0.05) is 43.7 Å². The fraction of sp³-hybridized carbons (Fsp3) is 0.400. The van der Waals surface area contributed by atoms with Crippen molar-refractivity contribution in [2.24, 2.45) is 5.92 Å². The van der Waals surface area contributed by atoms with Crippen molar-refractivity contribution >= 4 is 15.7 Å². The Kier molecular flexibility index (Phi) is 4.63. The Morgan fingerprint density at radius 1 is 1.00 bits per heavy atom. The number of carbonyl (C=O) groups excluding carboxylic acids is 1. The summed E-state index contributed by atoms with van der Waals surface area (Å²) < 4.78 is 26.6. The molecule has 2 aliphatic heterocycles. The van der Waals surface area contributed by atoms with Crippen LogP contribution in [0.5, 0.6) is 0 Å². The van der Waals surface area contributed by atoms with Crippen molar-refractivity contribution in [1.82, 2.24) is 9.47 Å². The van der Waals surface area contributed by atoms with Crippen LogP contribution >= 0.6 is 0 Å². The number of aromatic nitrogens is 1. The minimum atomic E-state index is -3.46. The van der Waals surface area contributed by atoms with Crippen LogP contribution in [-0.2, 0) is 21.2 Å². The van der Waals surface area contributed by atoms with E-state index in [0.29, 0.717) is 19.6 Å². The highest BCUT2D eigenvalue weighted by Crippen LogP contribution is 2.35. The molecule has 1 aromatic carbocycles. The van der Waals surface area contributed by atoms with Gasteiger partial charge in [-0.2, -0.15) is 0 Å². The fourth-order valence-corrected chi connectivity index (χ4v) is 5.48. The third-order valence-electron chi connectivity index (χ3n) is 5.52. The molecule has 2 atom stereocenters. The van der Waals surface area contributed by atoms with E-state index in [2.05, 4.69) is 0 Å². The van der Waals surface area contributed by atoms with Gasteiger partial charge in [-0.3, -0.25) is 9.59 Å². The first-order valence-electron chi connectivity index (χ1n) is 9.19. The highest BCUT2D eigenvalue weighted by atomic mass is 32.2. The second-order valence-electron chi connectivity index (χ2n) is 7.38. The number of carbonyl (C=O) groups is 1. The average Bonchev–Trinajstić information content (AvgIpc) is 2.67. The molecule has 2 aromatic rings. The molecule has 0 unspecified atom stereocenters. The molecule has 2 bridgehead atoms. The molecule has 2 aliphatic rings. The van der Waals surface area contributed by atoms with Crippen molar-refractivity contribution < 1.29 is 13.2 Å². The van der Waals surface area contributed by atoms with Crippen LogP contribution in [0.3, 0.4) is 0 Å². The number of rotatable bonds is 4. The number of amides is 1. The summed E-state index contributed by atoms with van der Waals surface area (Å²) in [5.41, 5.74) is 0.990. The van der Waals surface area contributed by atoms with Crippen molar-refractivity contribution in [2.75, 3.05) is 18.8 Å². The molecule has 142 valence electrons. The van der Waals surface area contributed by atoms with E-state index in [1.54, 1.807) is 47.4 Å². The van der Waals surface area contributed by atoms with Crippen molar-refractivity contribution in [3.05, 3.63) is 64.6 Å². The summed E-state index contributed by atoms with van der Waals surface area (Å²) in [4.78, 5) is 26.8. The van der Waals surface area contributed by atoms with Crippen LogP contribution in [0.2, 0.25) is 0 Å². The van der Waals surface area contributed by atoms with E-state index in [9.17, 15) is 18.0 Å². The number of hydrogen-bond acceptors (Lipinski definition) is 4. The van der Waals surface area contributed by atoms with Crippen LogP contribution in [0.1, 0.15) is 24.5 Å². The van der Waals surface area contributed by atoms with Crippen molar-refractivity contribution in [1.29, 1.82) is 0 Å². The lowest BCUT2D eigenvalue weighted by Gasteiger charge is -2.42. The molecular weight excluding hydrogens is 364 g/mol. The molecule has 1 amide bonds. The molecule has 1 fully saturated rings. The quantitative estimate of drug-likeness (QED) is 0.801. The molecule has 7 heteroatoms. The van der Waals surface area contributed by atoms with Crippen molar-refractivity contribution in [2.45, 2.75) is 30.2 Å². The van der Waals surface area contributed by atoms with E-state index < -0.39 is 9.84 Å². The third kappa shape index (κ3) is 3.56. The van der Waals surface area contributed by atoms with Gasteiger partial charge in [0.2, 0.25) is 5.91 Å². The lowest BCUT2D eigenvalue weighted by Crippen LogP contribution is -2.49. The molecule has 0 N–H and O–H groups in total. The van der Waals surface area contributed by atoms with Crippen LogP contribution in [-0.4, -0.2) is 42.6 Å². The minimum Gasteiger partial charge on any atom is -0.342 e. The Labute approximate surface area is 158 Å². The second-order valence-corrected chi connectivity index (χ2v) is 9.49. The van der Waals surface area contributed by atoms with Crippen LogP contribution in [0.15, 0.2) is 58.2 Å². The van der Waals surface area contributed by atoms with E-state index in [1.807, 2.05) is 10.6 Å². The maximum Gasteiger partial charge on any atom is 0.250 e. The summed E-state index contributed by atoms with van der Waals surface area (Å²) >= 11 is 0. The summed E-state index contributed by atoms with van der Waals surface area (Å²) in [6.07, 6.45) is 0.952. The summed E-state index contributed by atoms with van der Waals surface area (Å²) in [6, 6.07) is 13.5. The molecule has 0 saturated carbocycles. The lowest BCUT2D eigenvalue weighted by atomic mass is 9.83. The summed E-state index contributed by atoms with van der Waals surface area (Å²) in [7, 11) is -3.46. The zero-order valence-electron chi connectivity index (χ0n) is 15.0. The lowest BCUT2D eigenvalue weighted by molar-refractivity contribution is -0.133.